The largest absolute Gasteiger partial charge is 0.280 e. The van der Waals surface area contributed by atoms with Crippen LogP contribution in [0.2, 0.25) is 0 Å². The second-order valence-electron chi connectivity index (χ2n) is 7.59. The number of nitrogens with one attached hydrogen (secondary N) is 1. The minimum Gasteiger partial charge on any atom is -0.280 e. The molecule has 4 aromatic rings. The number of sulfonamides is 2. The first-order valence-electron chi connectivity index (χ1n) is 10.0. The Balaban J connectivity index is 1.45. The van der Waals surface area contributed by atoms with Crippen LogP contribution in [0.15, 0.2) is 87.3 Å². The fourth-order valence-electron chi connectivity index (χ4n) is 3.98. The van der Waals surface area contributed by atoms with Crippen molar-refractivity contribution in [1.29, 1.82) is 0 Å². The van der Waals surface area contributed by atoms with E-state index in [2.05, 4.69) is 4.72 Å². The first-order chi connectivity index (χ1) is 15.3. The summed E-state index contributed by atoms with van der Waals surface area (Å²) in [4.78, 5) is 0.204. The van der Waals surface area contributed by atoms with Crippen LogP contribution >= 0.6 is 11.3 Å². The van der Waals surface area contributed by atoms with Gasteiger partial charge in [0.25, 0.3) is 20.0 Å². The Morgan fingerprint density at radius 2 is 1.66 bits per heavy atom. The molecule has 3 aromatic carbocycles. The molecule has 0 bridgehead atoms. The number of hydrogen-bond donors (Lipinski definition) is 1. The van der Waals surface area contributed by atoms with Crippen LogP contribution in [0, 0.1) is 0 Å². The zero-order chi connectivity index (χ0) is 22.3. The molecule has 0 spiro atoms. The lowest BCUT2D eigenvalue weighted by atomic mass is 10.0. The van der Waals surface area contributed by atoms with Crippen molar-refractivity contribution in [3.63, 3.8) is 0 Å². The summed E-state index contributed by atoms with van der Waals surface area (Å²) < 4.78 is 56.5. The highest BCUT2D eigenvalue weighted by Crippen LogP contribution is 2.30. The Hall–Kier alpha value is -2.72. The van der Waals surface area contributed by atoms with E-state index in [1.54, 1.807) is 47.8 Å². The van der Waals surface area contributed by atoms with Crippen LogP contribution in [0.4, 0.5) is 5.69 Å². The van der Waals surface area contributed by atoms with Crippen LogP contribution in [0.1, 0.15) is 11.1 Å². The van der Waals surface area contributed by atoms with Gasteiger partial charge in [-0.3, -0.25) is 4.72 Å². The molecule has 0 unspecified atom stereocenters. The van der Waals surface area contributed by atoms with E-state index in [4.69, 9.17) is 0 Å². The Labute approximate surface area is 191 Å². The first-order valence-corrected chi connectivity index (χ1v) is 13.8. The summed E-state index contributed by atoms with van der Waals surface area (Å²) in [6.45, 7) is 0.605. The van der Waals surface area contributed by atoms with Gasteiger partial charge in [0.15, 0.2) is 0 Å². The maximum Gasteiger partial charge on any atom is 0.262 e. The van der Waals surface area contributed by atoms with Gasteiger partial charge in [-0.15, -0.1) is 11.3 Å². The Kier molecular flexibility index (Phi) is 5.29. The Morgan fingerprint density at radius 3 is 2.47 bits per heavy atom. The highest BCUT2D eigenvalue weighted by molar-refractivity contribution is 7.93. The molecule has 2 heterocycles. The number of hydrogen-bond acceptors (Lipinski definition) is 5. The van der Waals surface area contributed by atoms with Crippen LogP contribution < -0.4 is 4.72 Å². The van der Waals surface area contributed by atoms with E-state index in [1.807, 2.05) is 30.3 Å². The number of nitrogens with zero attached hydrogens (tertiary/aromatic N) is 1. The van der Waals surface area contributed by atoms with E-state index in [1.165, 1.54) is 15.6 Å². The molecule has 5 rings (SSSR count). The van der Waals surface area contributed by atoms with E-state index in [0.717, 1.165) is 16.5 Å². The highest BCUT2D eigenvalue weighted by Gasteiger charge is 2.29. The molecule has 0 saturated heterocycles. The summed E-state index contributed by atoms with van der Waals surface area (Å²) in [7, 11) is -7.39. The molecule has 0 amide bonds. The average molecular weight is 485 g/mol. The quantitative estimate of drug-likeness (QED) is 0.454. The van der Waals surface area contributed by atoms with Crippen LogP contribution in [0.5, 0.6) is 0 Å². The molecule has 164 valence electrons. The maximum absolute atomic E-state index is 13.1. The second-order valence-corrected chi connectivity index (χ2v) is 12.4. The van der Waals surface area contributed by atoms with Gasteiger partial charge in [-0.05, 0) is 52.6 Å². The summed E-state index contributed by atoms with van der Waals surface area (Å²) in [5.41, 5.74) is 2.23. The highest BCUT2D eigenvalue weighted by atomic mass is 32.2. The van der Waals surface area contributed by atoms with Crippen molar-refractivity contribution in [3.05, 3.63) is 89.3 Å². The van der Waals surface area contributed by atoms with Crippen molar-refractivity contribution in [2.45, 2.75) is 22.1 Å². The number of benzene rings is 3. The fourth-order valence-corrected chi connectivity index (χ4v) is 7.82. The molecule has 0 aliphatic carbocycles. The predicted molar refractivity (Wildman–Crippen MR) is 127 cm³/mol. The molecule has 9 heteroatoms. The van der Waals surface area contributed by atoms with Gasteiger partial charge in [-0.1, -0.05) is 48.5 Å². The lowest BCUT2D eigenvalue weighted by Crippen LogP contribution is -2.35. The van der Waals surface area contributed by atoms with Gasteiger partial charge < -0.3 is 0 Å². The van der Waals surface area contributed by atoms with Gasteiger partial charge in [0.05, 0.1) is 4.90 Å². The Bertz CT molecular complexity index is 1510. The lowest BCUT2D eigenvalue weighted by Gasteiger charge is -2.28. The molecule has 1 aromatic heterocycles. The van der Waals surface area contributed by atoms with Crippen molar-refractivity contribution < 1.29 is 16.8 Å². The van der Waals surface area contributed by atoms with Crippen LogP contribution in [0.25, 0.3) is 10.8 Å². The van der Waals surface area contributed by atoms with Crippen molar-refractivity contribution in [3.8, 4) is 0 Å². The summed E-state index contributed by atoms with van der Waals surface area (Å²) in [5.74, 6) is 0. The van der Waals surface area contributed by atoms with Crippen LogP contribution in [0.3, 0.4) is 0 Å². The summed E-state index contributed by atoms with van der Waals surface area (Å²) >= 11 is 1.19. The predicted octanol–water partition coefficient (Wildman–Crippen LogP) is 4.45. The number of rotatable bonds is 5. The van der Waals surface area contributed by atoms with E-state index in [-0.39, 0.29) is 11.4 Å². The van der Waals surface area contributed by atoms with Crippen molar-refractivity contribution in [1.82, 2.24) is 4.31 Å². The first kappa shape index (κ1) is 21.1. The third-order valence-corrected chi connectivity index (χ3v) is 10.2. The smallest absolute Gasteiger partial charge is 0.262 e. The lowest BCUT2D eigenvalue weighted by molar-refractivity contribution is 0.392. The van der Waals surface area contributed by atoms with E-state index in [9.17, 15) is 16.8 Å². The zero-order valence-corrected chi connectivity index (χ0v) is 19.4. The molecule has 0 saturated carbocycles. The maximum atomic E-state index is 13.1. The third-order valence-electron chi connectivity index (χ3n) is 5.56. The summed E-state index contributed by atoms with van der Waals surface area (Å²) in [6, 6.07) is 21.1. The molecule has 0 radical (unpaired) electrons. The summed E-state index contributed by atoms with van der Waals surface area (Å²) in [6.07, 6.45) is 0.580. The normalized spacial score (nSPS) is 14.9. The number of thiophene rings is 1. The standard InChI is InChI=1S/C23H20N2O4S3/c26-31(27,22-8-3-6-18-5-1-2-7-21(18)22)24-20-11-10-17-12-13-25(16-19(17)15-20)32(28,29)23-9-4-14-30-23/h1-11,14-15,24H,12-13,16H2. The molecule has 1 N–H and O–H groups in total. The third kappa shape index (κ3) is 3.81. The number of fused-ring (bicyclic) bond motifs is 2. The van der Waals surface area contributed by atoms with E-state index >= 15 is 0 Å². The van der Waals surface area contributed by atoms with Gasteiger partial charge in [0.1, 0.15) is 4.21 Å². The molecule has 1 aliphatic heterocycles. The number of anilines is 1. The minimum atomic E-state index is -3.82. The van der Waals surface area contributed by atoms with Gasteiger partial charge in [-0.25, -0.2) is 16.8 Å². The molecular weight excluding hydrogens is 464 g/mol. The van der Waals surface area contributed by atoms with Gasteiger partial charge in [0, 0.05) is 24.2 Å². The molecule has 32 heavy (non-hydrogen) atoms. The van der Waals surface area contributed by atoms with Gasteiger partial charge >= 0.3 is 0 Å². The van der Waals surface area contributed by atoms with Gasteiger partial charge in [-0.2, -0.15) is 4.31 Å². The van der Waals surface area contributed by atoms with Gasteiger partial charge in [0.2, 0.25) is 0 Å². The van der Waals surface area contributed by atoms with Crippen molar-refractivity contribution in [2.24, 2.45) is 0 Å². The molecule has 0 fully saturated rings. The SMILES string of the molecule is O=S(=O)(Nc1ccc2c(c1)CN(S(=O)(=O)c1cccs1)CC2)c1cccc2ccccc12. The topological polar surface area (TPSA) is 83.6 Å². The molecular formula is C23H20N2O4S3. The van der Waals surface area contributed by atoms with Crippen LogP contribution in [-0.2, 0) is 33.0 Å². The van der Waals surface area contributed by atoms with Crippen LogP contribution in [-0.4, -0.2) is 27.7 Å². The monoisotopic (exact) mass is 484 g/mol. The zero-order valence-electron chi connectivity index (χ0n) is 16.9. The second kappa shape index (κ2) is 8.00. The fraction of sp³-hybridized carbons (Fsp3) is 0.130. The average Bonchev–Trinajstić information content (AvgIpc) is 3.34. The van der Waals surface area contributed by atoms with E-state index < -0.39 is 20.0 Å². The molecule has 6 nitrogen and oxygen atoms in total. The van der Waals surface area contributed by atoms with Crippen molar-refractivity contribution >= 4 is 47.8 Å². The molecule has 0 atom stereocenters. The van der Waals surface area contributed by atoms with E-state index in [0.29, 0.717) is 28.2 Å². The molecule has 1 aliphatic rings. The Morgan fingerprint density at radius 1 is 0.844 bits per heavy atom. The minimum absolute atomic E-state index is 0.204. The van der Waals surface area contributed by atoms with Crippen molar-refractivity contribution in [2.75, 3.05) is 11.3 Å². The summed E-state index contributed by atoms with van der Waals surface area (Å²) in [5, 5.41) is 3.23.